The van der Waals surface area contributed by atoms with Crippen molar-refractivity contribution >= 4 is 29.2 Å². The maximum atomic E-state index is 12.3. The highest BCUT2D eigenvalue weighted by Gasteiger charge is 2.24. The molecule has 0 atom stereocenters. The van der Waals surface area contributed by atoms with E-state index in [0.717, 1.165) is 12.0 Å². The van der Waals surface area contributed by atoms with Crippen molar-refractivity contribution in [2.24, 2.45) is 0 Å². The van der Waals surface area contributed by atoms with Gasteiger partial charge in [-0.2, -0.15) is 0 Å². The summed E-state index contributed by atoms with van der Waals surface area (Å²) in [6, 6.07) is 12.8. The van der Waals surface area contributed by atoms with Crippen LogP contribution in [0.25, 0.3) is 0 Å². The minimum Gasteiger partial charge on any atom is -0.482 e. The highest BCUT2D eigenvalue weighted by atomic mass is 16.6. The number of hydrogen-bond acceptors (Lipinski definition) is 5. The first-order valence-corrected chi connectivity index (χ1v) is 10.4. The Morgan fingerprint density at radius 1 is 1.13 bits per heavy atom. The van der Waals surface area contributed by atoms with Gasteiger partial charge in [-0.05, 0) is 54.7 Å². The quantitative estimate of drug-likeness (QED) is 0.652. The number of para-hydroxylation sites is 2. The first kappa shape index (κ1) is 22.3. The summed E-state index contributed by atoms with van der Waals surface area (Å²) in [5, 5.41) is 2.71. The summed E-state index contributed by atoms with van der Waals surface area (Å²) in [4.78, 5) is 37.9. The largest absolute Gasteiger partial charge is 0.482 e. The number of carbonyl (C=O) groups excluding carboxylic acids is 3. The van der Waals surface area contributed by atoms with Crippen molar-refractivity contribution in [1.82, 2.24) is 0 Å². The normalized spacial score (nSPS) is 13.4. The molecule has 2 aromatic rings. The summed E-state index contributed by atoms with van der Waals surface area (Å²) >= 11 is 0. The molecule has 3 rings (SSSR count). The van der Waals surface area contributed by atoms with Crippen LogP contribution in [0.2, 0.25) is 0 Å². The minimum absolute atomic E-state index is 0.0296. The summed E-state index contributed by atoms with van der Waals surface area (Å²) in [5.74, 6) is -0.103. The Kier molecular flexibility index (Phi) is 7.28. The van der Waals surface area contributed by atoms with Crippen LogP contribution in [-0.4, -0.2) is 37.5 Å². The lowest BCUT2D eigenvalue weighted by atomic mass is 9.98. The first-order chi connectivity index (χ1) is 14.8. The van der Waals surface area contributed by atoms with E-state index in [2.05, 4.69) is 19.2 Å². The Balaban J connectivity index is 1.49. The van der Waals surface area contributed by atoms with Gasteiger partial charge in [0.2, 0.25) is 5.91 Å². The summed E-state index contributed by atoms with van der Waals surface area (Å²) in [6.07, 6.45) is 1.29. The lowest BCUT2D eigenvalue weighted by molar-refractivity contribution is -0.149. The van der Waals surface area contributed by atoms with E-state index in [4.69, 9.17) is 9.47 Å². The monoisotopic (exact) mass is 424 g/mol. The topological polar surface area (TPSA) is 84.9 Å². The van der Waals surface area contributed by atoms with E-state index in [1.54, 1.807) is 23.1 Å². The van der Waals surface area contributed by atoms with Crippen molar-refractivity contribution in [2.75, 3.05) is 30.0 Å². The molecule has 2 aromatic carbocycles. The van der Waals surface area contributed by atoms with E-state index in [0.29, 0.717) is 36.0 Å². The van der Waals surface area contributed by atoms with Crippen molar-refractivity contribution < 1.29 is 23.9 Å². The molecule has 0 bridgehead atoms. The fraction of sp³-hybridized carbons (Fsp3) is 0.375. The van der Waals surface area contributed by atoms with Crippen LogP contribution < -0.4 is 15.0 Å². The van der Waals surface area contributed by atoms with Crippen LogP contribution in [0.15, 0.2) is 42.5 Å². The Morgan fingerprint density at radius 2 is 1.90 bits per heavy atom. The molecule has 7 nitrogen and oxygen atoms in total. The average molecular weight is 424 g/mol. The van der Waals surface area contributed by atoms with E-state index in [9.17, 15) is 14.4 Å². The molecule has 0 saturated carbocycles. The third-order valence-electron chi connectivity index (χ3n) is 5.13. The summed E-state index contributed by atoms with van der Waals surface area (Å²) in [7, 11) is 0. The molecule has 0 spiro atoms. The second kappa shape index (κ2) is 10.1. The zero-order chi connectivity index (χ0) is 22.4. The number of carbonyl (C=O) groups is 3. The van der Waals surface area contributed by atoms with E-state index in [1.807, 2.05) is 31.2 Å². The molecule has 164 valence electrons. The minimum atomic E-state index is -0.635. The predicted octanol–water partition coefficient (Wildman–Crippen LogP) is 3.81. The number of nitrogens with zero attached hydrogens (tertiary/aromatic N) is 1. The Morgan fingerprint density at radius 3 is 2.58 bits per heavy atom. The molecule has 1 aliphatic heterocycles. The molecule has 1 heterocycles. The van der Waals surface area contributed by atoms with E-state index in [-0.39, 0.29) is 12.5 Å². The Hall–Kier alpha value is -3.35. The third-order valence-corrected chi connectivity index (χ3v) is 5.13. The van der Waals surface area contributed by atoms with Crippen LogP contribution in [0.4, 0.5) is 11.4 Å². The van der Waals surface area contributed by atoms with Crippen LogP contribution in [0.1, 0.15) is 43.7 Å². The van der Waals surface area contributed by atoms with Gasteiger partial charge in [0.15, 0.2) is 13.2 Å². The molecule has 1 aliphatic rings. The number of ether oxygens (including phenoxy) is 2. The lowest BCUT2D eigenvalue weighted by Crippen LogP contribution is -2.27. The summed E-state index contributed by atoms with van der Waals surface area (Å²) < 4.78 is 10.5. The van der Waals surface area contributed by atoms with E-state index in [1.165, 1.54) is 5.56 Å². The van der Waals surface area contributed by atoms with Crippen LogP contribution in [0.3, 0.4) is 0 Å². The summed E-state index contributed by atoms with van der Waals surface area (Å²) in [6.45, 7) is 6.13. The second-order valence-electron chi connectivity index (χ2n) is 7.84. The van der Waals surface area contributed by atoms with Crippen molar-refractivity contribution in [3.8, 4) is 5.75 Å². The number of anilines is 2. The molecule has 0 unspecified atom stereocenters. The van der Waals surface area contributed by atoms with Gasteiger partial charge in [0.1, 0.15) is 5.75 Å². The molecule has 0 aliphatic carbocycles. The van der Waals surface area contributed by atoms with Gasteiger partial charge in [-0.15, -0.1) is 0 Å². The van der Waals surface area contributed by atoms with Crippen LogP contribution in [0.5, 0.6) is 5.75 Å². The lowest BCUT2D eigenvalue weighted by Gasteiger charge is -2.19. The van der Waals surface area contributed by atoms with Gasteiger partial charge in [-0.25, -0.2) is 4.79 Å². The molecule has 7 heteroatoms. The number of esters is 1. The van der Waals surface area contributed by atoms with Gasteiger partial charge in [-0.1, -0.05) is 32.0 Å². The SMILES string of the molecule is Cc1cc(OCC(=O)OCC(=O)Nc2ccccc2N2CCCC2=O)ccc1C(C)C. The van der Waals surface area contributed by atoms with Crippen molar-refractivity contribution in [3.05, 3.63) is 53.6 Å². The van der Waals surface area contributed by atoms with Gasteiger partial charge < -0.3 is 19.7 Å². The van der Waals surface area contributed by atoms with E-state index < -0.39 is 18.5 Å². The molecule has 2 amide bonds. The van der Waals surface area contributed by atoms with E-state index >= 15 is 0 Å². The maximum Gasteiger partial charge on any atom is 0.344 e. The molecule has 31 heavy (non-hydrogen) atoms. The van der Waals surface area contributed by atoms with Gasteiger partial charge in [-0.3, -0.25) is 9.59 Å². The van der Waals surface area contributed by atoms with Crippen LogP contribution in [0, 0.1) is 6.92 Å². The highest BCUT2D eigenvalue weighted by molar-refractivity contribution is 6.02. The molecule has 1 saturated heterocycles. The number of aryl methyl sites for hydroxylation is 1. The summed E-state index contributed by atoms with van der Waals surface area (Å²) in [5.41, 5.74) is 3.47. The molecular formula is C24H28N2O5. The molecule has 1 fully saturated rings. The molecule has 0 aromatic heterocycles. The zero-order valence-electron chi connectivity index (χ0n) is 18.1. The Bertz CT molecular complexity index is 970. The second-order valence-corrected chi connectivity index (χ2v) is 7.84. The van der Waals surface area contributed by atoms with Gasteiger partial charge in [0.25, 0.3) is 5.91 Å². The molecule has 1 N–H and O–H groups in total. The Labute approximate surface area is 182 Å². The van der Waals surface area contributed by atoms with Gasteiger partial charge >= 0.3 is 5.97 Å². The number of benzene rings is 2. The third kappa shape index (κ3) is 5.84. The van der Waals surface area contributed by atoms with Crippen LogP contribution >= 0.6 is 0 Å². The fourth-order valence-corrected chi connectivity index (χ4v) is 3.62. The number of rotatable bonds is 8. The van der Waals surface area contributed by atoms with Crippen LogP contribution in [-0.2, 0) is 19.1 Å². The first-order valence-electron chi connectivity index (χ1n) is 10.4. The molecular weight excluding hydrogens is 396 g/mol. The highest BCUT2D eigenvalue weighted by Crippen LogP contribution is 2.29. The van der Waals surface area contributed by atoms with Crippen molar-refractivity contribution in [3.63, 3.8) is 0 Å². The molecule has 0 radical (unpaired) electrons. The zero-order valence-corrected chi connectivity index (χ0v) is 18.1. The van der Waals surface area contributed by atoms with Crippen molar-refractivity contribution in [2.45, 2.75) is 39.5 Å². The van der Waals surface area contributed by atoms with Crippen molar-refractivity contribution in [1.29, 1.82) is 0 Å². The maximum absolute atomic E-state index is 12.3. The van der Waals surface area contributed by atoms with Gasteiger partial charge in [0, 0.05) is 13.0 Å². The fourth-order valence-electron chi connectivity index (χ4n) is 3.62. The average Bonchev–Trinajstić information content (AvgIpc) is 3.16. The standard InChI is InChI=1S/C24H28N2O5/c1-16(2)19-11-10-18(13-17(19)3)30-15-24(29)31-14-22(27)25-20-7-4-5-8-21(20)26-12-6-9-23(26)28/h4-5,7-8,10-11,13,16H,6,9,12,14-15H2,1-3H3,(H,25,27). The number of nitrogens with one attached hydrogen (secondary N) is 1. The van der Waals surface area contributed by atoms with Gasteiger partial charge in [0.05, 0.1) is 11.4 Å². The number of amides is 2. The number of hydrogen-bond donors (Lipinski definition) is 1. The smallest absolute Gasteiger partial charge is 0.344 e. The predicted molar refractivity (Wildman–Crippen MR) is 118 cm³/mol.